The predicted octanol–water partition coefficient (Wildman–Crippen LogP) is 9.28. The quantitative estimate of drug-likeness (QED) is 0.143. The number of allylic oxidation sites excluding steroid dienone is 3. The van der Waals surface area contributed by atoms with Crippen LogP contribution in [0.5, 0.6) is 0 Å². The van der Waals surface area contributed by atoms with E-state index in [2.05, 4.69) is 9.97 Å². The first-order chi connectivity index (χ1) is 32.1. The van der Waals surface area contributed by atoms with Crippen LogP contribution >= 0.6 is 22.7 Å². The lowest BCUT2D eigenvalue weighted by atomic mass is 9.73. The average Bonchev–Trinajstić information content (AvgIpc) is 3.90. The monoisotopic (exact) mass is 997 g/mol. The van der Waals surface area contributed by atoms with Gasteiger partial charge in [0.15, 0.2) is 0 Å². The number of esters is 2. The van der Waals surface area contributed by atoms with E-state index >= 15 is 0 Å². The van der Waals surface area contributed by atoms with E-state index in [0.717, 1.165) is 43.7 Å². The predicted molar refractivity (Wildman–Crippen MR) is 274 cm³/mol. The molecule has 0 saturated carbocycles. The van der Waals surface area contributed by atoms with E-state index in [-0.39, 0.29) is 36.2 Å². The Hall–Kier alpha value is -3.96. The van der Waals surface area contributed by atoms with Crippen LogP contribution in [0.2, 0.25) is 0 Å². The Bertz CT molecular complexity index is 2210. The number of hydrogen-bond donors (Lipinski definition) is 5. The van der Waals surface area contributed by atoms with E-state index in [1.165, 1.54) is 11.3 Å². The van der Waals surface area contributed by atoms with Crippen molar-refractivity contribution in [2.45, 2.75) is 185 Å². The van der Waals surface area contributed by atoms with Crippen LogP contribution in [0.1, 0.15) is 149 Å². The zero-order valence-electron chi connectivity index (χ0n) is 43.3. The maximum atomic E-state index is 13.2. The van der Waals surface area contributed by atoms with Crippen LogP contribution in [-0.4, -0.2) is 102 Å². The number of nitrogens with zero attached hydrogens (tertiary/aromatic N) is 2. The van der Waals surface area contributed by atoms with Gasteiger partial charge in [0.2, 0.25) is 0 Å². The molecule has 13 nitrogen and oxygen atoms in total. The number of cyclic esters (lactones) is 2. The van der Waals surface area contributed by atoms with Gasteiger partial charge in [-0.3, -0.25) is 19.2 Å². The van der Waals surface area contributed by atoms with Gasteiger partial charge in [0.05, 0.1) is 75.6 Å². The smallest absolute Gasteiger partial charge is 0.309 e. The molecule has 4 heterocycles. The third-order valence-electron chi connectivity index (χ3n) is 13.9. The molecular formula is C54H80N2O11S2. The van der Waals surface area contributed by atoms with Crippen LogP contribution in [0.25, 0.3) is 12.2 Å². The fourth-order valence-electron chi connectivity index (χ4n) is 8.45. The first-order valence-electron chi connectivity index (χ1n) is 24.1. The summed E-state index contributed by atoms with van der Waals surface area (Å²) < 4.78 is 11.5. The maximum absolute atomic E-state index is 13.2. The van der Waals surface area contributed by atoms with Gasteiger partial charge < -0.3 is 35.0 Å². The summed E-state index contributed by atoms with van der Waals surface area (Å²) in [7, 11) is 0. The molecule has 4 rings (SSSR count). The van der Waals surface area contributed by atoms with Crippen molar-refractivity contribution in [3.8, 4) is 0 Å². The van der Waals surface area contributed by atoms with Gasteiger partial charge >= 0.3 is 11.9 Å². The van der Waals surface area contributed by atoms with Gasteiger partial charge in [-0.2, -0.15) is 0 Å². The van der Waals surface area contributed by atoms with Crippen molar-refractivity contribution in [1.82, 2.24) is 9.97 Å². The normalized spacial score (nSPS) is 33.1. The number of carbonyl (C=O) groups is 4. The van der Waals surface area contributed by atoms with Crippen molar-refractivity contribution in [2.24, 2.45) is 34.5 Å². The molecule has 2 aliphatic heterocycles. The molecule has 11 atom stereocenters. The number of aliphatic hydroxyl groups is 5. The highest BCUT2D eigenvalue weighted by Crippen LogP contribution is 2.34. The SMILES string of the molecule is C/C1=C/C[C@@H](/C(C)=C/c2csc(C)n2)OC(=O)C[C@H](O)C(C)(C)C(=O)[C@H](C)[C@@H](O)[C@@H](C)CCC1O.CC1=C/C[C@@H](/C(C)=C/c2csc(C)n2)OC(=O)C[C@H](O)C(C)(C)C(=O)[C@H](C)[C@@H](O)[C@@H](C)C\C=C\1. The summed E-state index contributed by atoms with van der Waals surface area (Å²) in [5, 5.41) is 59.6. The van der Waals surface area contributed by atoms with Gasteiger partial charge in [-0.1, -0.05) is 85.3 Å². The molecule has 0 radical (unpaired) electrons. The fraction of sp³-hybridized carbons (Fsp3) is 0.630. The average molecular weight is 997 g/mol. The van der Waals surface area contributed by atoms with Crippen molar-refractivity contribution in [2.75, 3.05) is 0 Å². The lowest BCUT2D eigenvalue weighted by Gasteiger charge is -2.34. The van der Waals surface area contributed by atoms with Gasteiger partial charge in [-0.15, -0.1) is 22.7 Å². The molecule has 2 aromatic rings. The highest BCUT2D eigenvalue weighted by atomic mass is 32.1. The van der Waals surface area contributed by atoms with Gasteiger partial charge in [0.1, 0.15) is 23.8 Å². The minimum atomic E-state index is -1.26. The van der Waals surface area contributed by atoms with Crippen molar-refractivity contribution >= 4 is 58.3 Å². The number of Topliss-reactive ketones (excluding diaryl/α,β-unsaturated/α-hetero) is 2. The number of rotatable bonds is 4. The number of thiazole rings is 2. The van der Waals surface area contributed by atoms with Gasteiger partial charge in [-0.05, 0) is 102 Å². The minimum Gasteiger partial charge on any atom is -0.457 e. The number of ether oxygens (including phenoxy) is 2. The van der Waals surface area contributed by atoms with Crippen LogP contribution in [0, 0.1) is 48.3 Å². The summed E-state index contributed by atoms with van der Waals surface area (Å²) in [5.74, 6) is -3.53. The van der Waals surface area contributed by atoms with E-state index in [4.69, 9.17) is 9.47 Å². The fourth-order valence-corrected chi connectivity index (χ4v) is 9.59. The summed E-state index contributed by atoms with van der Waals surface area (Å²) in [6.07, 6.45) is 7.32. The van der Waals surface area contributed by atoms with Crippen molar-refractivity contribution in [1.29, 1.82) is 0 Å². The summed E-state index contributed by atoms with van der Waals surface area (Å²) in [4.78, 5) is 60.9. The summed E-state index contributed by atoms with van der Waals surface area (Å²) in [6, 6.07) is 0. The Morgan fingerprint density at radius 3 is 1.48 bits per heavy atom. The molecule has 5 N–H and O–H groups in total. The molecule has 0 amide bonds. The Morgan fingerprint density at radius 2 is 1.06 bits per heavy atom. The molecule has 2 aromatic heterocycles. The molecule has 1 unspecified atom stereocenters. The summed E-state index contributed by atoms with van der Waals surface area (Å²) in [6.45, 7) is 24.9. The molecule has 0 aliphatic carbocycles. The Kier molecular flexibility index (Phi) is 22.8. The molecule has 0 spiro atoms. The topological polar surface area (TPSA) is 214 Å². The Labute approximate surface area is 418 Å². The molecular weight excluding hydrogens is 917 g/mol. The Balaban J connectivity index is 0.000000365. The van der Waals surface area contributed by atoms with Crippen molar-refractivity contribution in [3.05, 3.63) is 78.8 Å². The lowest BCUT2D eigenvalue weighted by Crippen LogP contribution is -2.45. The van der Waals surface area contributed by atoms with E-state index in [1.54, 1.807) is 52.9 Å². The number of aromatic nitrogens is 2. The highest BCUT2D eigenvalue weighted by molar-refractivity contribution is 7.09. The van der Waals surface area contributed by atoms with E-state index in [9.17, 15) is 44.7 Å². The number of carbonyl (C=O) groups excluding carboxylic acids is 4. The van der Waals surface area contributed by atoms with Crippen LogP contribution in [0.15, 0.2) is 57.4 Å². The molecule has 2 aliphatic rings. The largest absolute Gasteiger partial charge is 0.457 e. The van der Waals surface area contributed by atoms with Gasteiger partial charge in [0.25, 0.3) is 0 Å². The second-order valence-corrected chi connectivity index (χ2v) is 22.7. The minimum absolute atomic E-state index is 0.131. The van der Waals surface area contributed by atoms with Crippen LogP contribution in [0.4, 0.5) is 0 Å². The van der Waals surface area contributed by atoms with Gasteiger partial charge in [0, 0.05) is 35.4 Å². The third-order valence-corrected chi connectivity index (χ3v) is 15.5. The van der Waals surface area contributed by atoms with E-state index in [0.29, 0.717) is 32.1 Å². The van der Waals surface area contributed by atoms with Crippen LogP contribution in [-0.2, 0) is 28.7 Å². The zero-order chi connectivity index (χ0) is 52.1. The number of aliphatic hydroxyl groups excluding tert-OH is 5. The standard InChI is InChI=1S/C27H41NO6S.C27H39NO5S/c1-15-9-11-22(17(3)12-20-14-35-19(5)28-20)34-24(31)13-23(30)27(6,7)26(33)18(4)25(32)16(2)8-10-21(15)29;1-16-9-8-10-17(2)25(31)19(4)26(32)27(6,7)23(29)14-24(30)33-22(12-11-16)18(3)13-21-15-34-20(5)28-21/h9,12,14,16,18,21-23,25,29-30,32H,8,10-11,13H2,1-7H3;8-9,11,13,15,17,19,22-23,25,29,31H,10,12,14H2,1-7H3/b15-9-,17-12+;9-8+,16-11-,18-13+/t16-,18+,21?,22-,23-,25-;17-,19+,22-,23-,25-/m00/s1. The molecule has 0 fully saturated rings. The number of aryl methyl sites for hydroxylation is 2. The first kappa shape index (κ1) is 59.3. The van der Waals surface area contributed by atoms with Crippen LogP contribution in [0.3, 0.4) is 0 Å². The number of ketones is 2. The lowest BCUT2D eigenvalue weighted by molar-refractivity contribution is -0.155. The summed E-state index contributed by atoms with van der Waals surface area (Å²) in [5.41, 5.74) is 2.55. The first-order valence-corrected chi connectivity index (χ1v) is 25.9. The molecule has 384 valence electrons. The van der Waals surface area contributed by atoms with E-state index in [1.807, 2.05) is 103 Å². The Morgan fingerprint density at radius 1 is 0.638 bits per heavy atom. The van der Waals surface area contributed by atoms with Gasteiger partial charge in [-0.25, -0.2) is 9.97 Å². The van der Waals surface area contributed by atoms with Crippen molar-refractivity contribution in [3.63, 3.8) is 0 Å². The molecule has 0 saturated heterocycles. The zero-order valence-corrected chi connectivity index (χ0v) is 44.9. The molecule has 15 heteroatoms. The second-order valence-electron chi connectivity index (χ2n) is 20.5. The third kappa shape index (κ3) is 17.4. The summed E-state index contributed by atoms with van der Waals surface area (Å²) >= 11 is 3.08. The molecule has 69 heavy (non-hydrogen) atoms. The molecule has 0 aromatic carbocycles. The van der Waals surface area contributed by atoms with E-state index < -0.39 is 77.3 Å². The highest BCUT2D eigenvalue weighted by Gasteiger charge is 2.44. The second kappa shape index (κ2) is 26.5. The van der Waals surface area contributed by atoms with Crippen molar-refractivity contribution < 1.29 is 54.2 Å². The maximum Gasteiger partial charge on any atom is 0.309 e. The number of hydrogen-bond acceptors (Lipinski definition) is 15. The van der Waals surface area contributed by atoms with Crippen LogP contribution < -0.4 is 0 Å². The molecule has 0 bridgehead atoms.